The van der Waals surface area contributed by atoms with E-state index in [0.717, 1.165) is 29.4 Å². The Labute approximate surface area is 156 Å². The van der Waals surface area contributed by atoms with Crippen LogP contribution in [0.2, 0.25) is 0 Å². The molecule has 2 aromatic heterocycles. The number of hydrogen-bond donors (Lipinski definition) is 2. The molecule has 7 nitrogen and oxygen atoms in total. The third kappa shape index (κ3) is 4.26. The first kappa shape index (κ1) is 18.1. The van der Waals surface area contributed by atoms with E-state index in [1.54, 1.807) is 43.1 Å². The van der Waals surface area contributed by atoms with Crippen molar-refractivity contribution in [3.05, 3.63) is 54.5 Å². The van der Waals surface area contributed by atoms with Gasteiger partial charge in [0.25, 0.3) is 0 Å². The monoisotopic (exact) mass is 371 g/mol. The molecular formula is C18H21N5O2S. The number of hydrogen-bond acceptors (Lipinski definition) is 5. The van der Waals surface area contributed by atoms with Crippen molar-refractivity contribution in [2.45, 2.75) is 12.5 Å². The summed E-state index contributed by atoms with van der Waals surface area (Å²) in [4.78, 5) is 12.5. The van der Waals surface area contributed by atoms with Crippen LogP contribution in [-0.4, -0.2) is 39.7 Å². The number of urea groups is 1. The maximum atomic E-state index is 12.5. The number of anilines is 1. The van der Waals surface area contributed by atoms with E-state index in [1.165, 1.54) is 0 Å². The Bertz CT molecular complexity index is 865. The molecule has 1 aromatic carbocycles. The molecule has 0 spiro atoms. The van der Waals surface area contributed by atoms with Crippen LogP contribution in [0.5, 0.6) is 5.75 Å². The van der Waals surface area contributed by atoms with Gasteiger partial charge in [0.2, 0.25) is 0 Å². The topological polar surface area (TPSA) is 80.5 Å². The number of thioether (sulfide) groups is 1. The molecular weight excluding hydrogens is 350 g/mol. The lowest BCUT2D eigenvalue weighted by molar-refractivity contribution is 0.247. The number of aromatic nitrogens is 3. The zero-order valence-corrected chi connectivity index (χ0v) is 15.5. The lowest BCUT2D eigenvalue weighted by Gasteiger charge is -2.17. The van der Waals surface area contributed by atoms with Gasteiger partial charge in [0, 0.05) is 11.9 Å². The maximum absolute atomic E-state index is 12.5. The average molecular weight is 371 g/mol. The van der Waals surface area contributed by atoms with Crippen molar-refractivity contribution < 1.29 is 9.53 Å². The first-order valence-electron chi connectivity index (χ1n) is 8.21. The average Bonchev–Trinajstić information content (AvgIpc) is 3.10. The third-order valence-electron chi connectivity index (χ3n) is 3.92. The molecule has 0 unspecified atom stereocenters. The number of ether oxygens (including phenoxy) is 1. The lowest BCUT2D eigenvalue weighted by atomic mass is 10.2. The van der Waals surface area contributed by atoms with Crippen LogP contribution in [0.25, 0.3) is 5.65 Å². The molecule has 0 aliphatic heterocycles. The van der Waals surface area contributed by atoms with Crippen molar-refractivity contribution in [1.82, 2.24) is 19.9 Å². The second-order valence-electron chi connectivity index (χ2n) is 5.65. The largest absolute Gasteiger partial charge is 0.497 e. The van der Waals surface area contributed by atoms with E-state index in [-0.39, 0.29) is 12.1 Å². The van der Waals surface area contributed by atoms with Crippen LogP contribution in [0.3, 0.4) is 0 Å². The number of amides is 2. The summed E-state index contributed by atoms with van der Waals surface area (Å²) < 4.78 is 7.03. The molecule has 2 N–H and O–H groups in total. The van der Waals surface area contributed by atoms with Crippen LogP contribution in [-0.2, 0) is 0 Å². The summed E-state index contributed by atoms with van der Waals surface area (Å²) in [6.07, 6.45) is 4.70. The highest BCUT2D eigenvalue weighted by molar-refractivity contribution is 7.98. The summed E-state index contributed by atoms with van der Waals surface area (Å²) in [5.41, 5.74) is 1.45. The maximum Gasteiger partial charge on any atom is 0.319 e. The summed E-state index contributed by atoms with van der Waals surface area (Å²) in [6.45, 7) is 0. The Kier molecular flexibility index (Phi) is 5.96. The molecule has 3 rings (SSSR count). The van der Waals surface area contributed by atoms with Gasteiger partial charge >= 0.3 is 6.03 Å². The van der Waals surface area contributed by atoms with E-state index in [9.17, 15) is 4.79 Å². The van der Waals surface area contributed by atoms with Crippen molar-refractivity contribution in [3.63, 3.8) is 0 Å². The molecule has 26 heavy (non-hydrogen) atoms. The quantitative estimate of drug-likeness (QED) is 0.666. The first-order valence-corrected chi connectivity index (χ1v) is 9.61. The number of pyridine rings is 1. The zero-order chi connectivity index (χ0) is 18.4. The van der Waals surface area contributed by atoms with E-state index >= 15 is 0 Å². The Balaban J connectivity index is 1.74. The zero-order valence-electron chi connectivity index (χ0n) is 14.7. The van der Waals surface area contributed by atoms with Crippen molar-refractivity contribution in [2.24, 2.45) is 0 Å². The molecule has 0 saturated carbocycles. The Morgan fingerprint density at radius 1 is 1.23 bits per heavy atom. The van der Waals surface area contributed by atoms with Crippen LogP contribution in [0.4, 0.5) is 10.5 Å². The molecule has 0 bridgehead atoms. The van der Waals surface area contributed by atoms with Gasteiger partial charge in [-0.1, -0.05) is 6.07 Å². The second-order valence-corrected chi connectivity index (χ2v) is 6.63. The Morgan fingerprint density at radius 3 is 2.77 bits per heavy atom. The van der Waals surface area contributed by atoms with Gasteiger partial charge in [-0.05, 0) is 54.8 Å². The fourth-order valence-electron chi connectivity index (χ4n) is 2.60. The van der Waals surface area contributed by atoms with E-state index < -0.39 is 0 Å². The highest BCUT2D eigenvalue weighted by Gasteiger charge is 2.20. The second kappa shape index (κ2) is 8.57. The number of benzene rings is 1. The predicted molar refractivity (Wildman–Crippen MR) is 104 cm³/mol. The number of nitrogens with one attached hydrogen (secondary N) is 2. The van der Waals surface area contributed by atoms with Crippen molar-refractivity contribution in [3.8, 4) is 5.75 Å². The highest BCUT2D eigenvalue weighted by atomic mass is 32.2. The molecule has 2 heterocycles. The minimum atomic E-state index is -0.283. The fraction of sp³-hybridized carbons (Fsp3) is 0.278. The molecule has 0 aliphatic rings. The minimum Gasteiger partial charge on any atom is -0.497 e. The van der Waals surface area contributed by atoms with Crippen molar-refractivity contribution in [1.29, 1.82) is 0 Å². The van der Waals surface area contributed by atoms with E-state index in [1.807, 2.05) is 35.1 Å². The van der Waals surface area contributed by atoms with Gasteiger partial charge in [0.15, 0.2) is 11.5 Å². The summed E-state index contributed by atoms with van der Waals surface area (Å²) >= 11 is 1.72. The van der Waals surface area contributed by atoms with E-state index in [0.29, 0.717) is 5.69 Å². The number of methoxy groups -OCH3 is 1. The summed E-state index contributed by atoms with van der Waals surface area (Å²) in [5, 5.41) is 14.3. The number of carbonyl (C=O) groups is 1. The molecule has 0 saturated heterocycles. The molecule has 3 aromatic rings. The van der Waals surface area contributed by atoms with Crippen molar-refractivity contribution >= 4 is 29.1 Å². The fourth-order valence-corrected chi connectivity index (χ4v) is 3.07. The Morgan fingerprint density at radius 2 is 2.04 bits per heavy atom. The van der Waals surface area contributed by atoms with Gasteiger partial charge in [-0.15, -0.1) is 10.2 Å². The molecule has 1 atom stereocenters. The third-order valence-corrected chi connectivity index (χ3v) is 4.56. The van der Waals surface area contributed by atoms with Crippen LogP contribution in [0, 0.1) is 0 Å². The highest BCUT2D eigenvalue weighted by Crippen LogP contribution is 2.19. The molecule has 0 fully saturated rings. The first-order chi connectivity index (χ1) is 12.7. The van der Waals surface area contributed by atoms with Crippen LogP contribution < -0.4 is 15.4 Å². The number of carbonyl (C=O) groups excluding carboxylic acids is 1. The number of rotatable bonds is 7. The van der Waals surface area contributed by atoms with Gasteiger partial charge in [-0.25, -0.2) is 4.79 Å². The predicted octanol–water partition coefficient (Wildman–Crippen LogP) is 3.35. The SMILES string of the molecule is COc1ccc(NC(=O)N[C@@H](CCSC)c2nnc3ccccn23)cc1. The lowest BCUT2D eigenvalue weighted by Crippen LogP contribution is -2.34. The molecule has 136 valence electrons. The van der Waals surface area contributed by atoms with Gasteiger partial charge in [0.05, 0.1) is 13.2 Å². The standard InChI is InChI=1S/C18H21N5O2S/c1-25-14-8-6-13(7-9-14)19-18(24)20-15(10-12-26-2)17-22-21-16-5-3-4-11-23(16)17/h3-9,11,15H,10,12H2,1-2H3,(H2,19,20,24)/t15-/m0/s1. The van der Waals surface area contributed by atoms with Crippen LogP contribution in [0.15, 0.2) is 48.7 Å². The number of nitrogens with zero attached hydrogens (tertiary/aromatic N) is 3. The smallest absolute Gasteiger partial charge is 0.319 e. The van der Waals surface area contributed by atoms with Crippen LogP contribution in [0.1, 0.15) is 18.3 Å². The molecule has 0 radical (unpaired) electrons. The minimum absolute atomic E-state index is 0.238. The molecule has 2 amide bonds. The van der Waals surface area contributed by atoms with E-state index in [2.05, 4.69) is 20.8 Å². The molecule has 0 aliphatic carbocycles. The van der Waals surface area contributed by atoms with Crippen LogP contribution >= 0.6 is 11.8 Å². The van der Waals surface area contributed by atoms with Crippen molar-refractivity contribution in [2.75, 3.05) is 24.4 Å². The van der Waals surface area contributed by atoms with Gasteiger partial charge in [-0.3, -0.25) is 4.40 Å². The summed E-state index contributed by atoms with van der Waals surface area (Å²) in [5.74, 6) is 2.36. The van der Waals surface area contributed by atoms with Gasteiger partial charge in [-0.2, -0.15) is 11.8 Å². The number of fused-ring (bicyclic) bond motifs is 1. The molecule has 8 heteroatoms. The normalized spacial score (nSPS) is 11.9. The Hall–Kier alpha value is -2.74. The summed E-state index contributed by atoms with van der Waals surface area (Å²) in [7, 11) is 1.61. The van der Waals surface area contributed by atoms with Gasteiger partial charge < -0.3 is 15.4 Å². The van der Waals surface area contributed by atoms with E-state index in [4.69, 9.17) is 4.74 Å². The van der Waals surface area contributed by atoms with Gasteiger partial charge in [0.1, 0.15) is 5.75 Å². The summed E-state index contributed by atoms with van der Waals surface area (Å²) in [6, 6.07) is 12.4.